The van der Waals surface area contributed by atoms with Crippen LogP contribution >= 0.6 is 37.7 Å². The average molecular weight is 297 g/mol. The zero-order valence-electron chi connectivity index (χ0n) is 4.91. The van der Waals surface area contributed by atoms with Crippen molar-refractivity contribution >= 4 is 37.7 Å². The number of hydrogen-bond acceptors (Lipinski definition) is 1. The molecular formula is C3H7Cl4MoO. The maximum atomic E-state index is 9.53. The quantitative estimate of drug-likeness (QED) is 0.630. The molecule has 0 atom stereocenters. The molecule has 0 aromatic heterocycles. The summed E-state index contributed by atoms with van der Waals surface area (Å²) in [6, 6.07) is 0. The van der Waals surface area contributed by atoms with Crippen LogP contribution in [0.25, 0.3) is 0 Å². The summed E-state index contributed by atoms with van der Waals surface area (Å²) in [4.78, 5) is 0. The molecule has 6 heteroatoms. The van der Waals surface area contributed by atoms with Crippen LogP contribution in [0.5, 0.6) is 0 Å². The molecule has 0 bridgehead atoms. The van der Waals surface area contributed by atoms with E-state index < -0.39 is 18.0 Å². The molecular weight excluding hydrogens is 290 g/mol. The van der Waals surface area contributed by atoms with Gasteiger partial charge in [-0.25, -0.2) is 0 Å². The second-order valence-corrected chi connectivity index (χ2v) is 19.7. The Labute approximate surface area is 74.1 Å². The third-order valence-electron chi connectivity index (χ3n) is 0. The molecule has 0 saturated heterocycles. The topological polar surface area (TPSA) is 23.1 Å². The fourth-order valence-corrected chi connectivity index (χ4v) is 0. The molecule has 0 heterocycles. The molecule has 0 N–H and O–H groups in total. The fourth-order valence-electron chi connectivity index (χ4n) is 0. The predicted octanol–water partition coefficient (Wildman–Crippen LogP) is 2.51. The summed E-state index contributed by atoms with van der Waals surface area (Å²) in [5, 5.41) is 9.53. The Hall–Kier alpha value is 1.81. The van der Waals surface area contributed by atoms with E-state index in [-0.39, 0.29) is 0 Å². The Morgan fingerprint density at radius 2 is 1.11 bits per heavy atom. The van der Waals surface area contributed by atoms with Gasteiger partial charge in [0.15, 0.2) is 0 Å². The van der Waals surface area contributed by atoms with Gasteiger partial charge in [0.1, 0.15) is 0 Å². The van der Waals surface area contributed by atoms with E-state index in [1.54, 1.807) is 13.8 Å². The molecule has 0 aromatic carbocycles. The standard InChI is InChI=1S/C3H7O.4ClH.Mo/c1-3(2)4;;;;;/h3H,1-2H3;4*1H;/q-1;;;;;+5/p-4. The van der Waals surface area contributed by atoms with Crippen LogP contribution in [-0.4, -0.2) is 6.10 Å². The van der Waals surface area contributed by atoms with Crippen molar-refractivity contribution in [3.05, 3.63) is 0 Å². The predicted molar refractivity (Wildman–Crippen MR) is 38.5 cm³/mol. The molecule has 0 fully saturated rings. The molecule has 0 rings (SSSR count). The minimum atomic E-state index is -3.13. The zero-order valence-corrected chi connectivity index (χ0v) is 9.94. The summed E-state index contributed by atoms with van der Waals surface area (Å²) in [7, 11) is 20.1. The SMILES string of the molecule is CC(C)[O-].[Cl][Mo+]([Cl])([Cl])[Cl]. The van der Waals surface area contributed by atoms with Crippen molar-refractivity contribution < 1.29 is 17.0 Å². The van der Waals surface area contributed by atoms with E-state index in [0.717, 1.165) is 0 Å². The molecule has 0 amide bonds. The van der Waals surface area contributed by atoms with Gasteiger partial charge in [0.05, 0.1) is 0 Å². The molecule has 0 aliphatic carbocycles. The Bertz CT molecular complexity index is 52.6. The molecule has 0 unspecified atom stereocenters. The van der Waals surface area contributed by atoms with Crippen LogP contribution in [0.4, 0.5) is 0 Å². The second kappa shape index (κ2) is 6.51. The normalized spacial score (nSPS) is 10.7. The summed E-state index contributed by atoms with van der Waals surface area (Å²) in [5.74, 6) is 0. The van der Waals surface area contributed by atoms with Gasteiger partial charge in [0, 0.05) is 0 Å². The molecule has 0 aromatic rings. The molecule has 0 saturated carbocycles. The first-order valence-corrected chi connectivity index (χ1v) is 12.3. The fraction of sp³-hybridized carbons (Fsp3) is 1.00. The van der Waals surface area contributed by atoms with Crippen molar-refractivity contribution in [2.24, 2.45) is 0 Å². The first kappa shape index (κ1) is 13.4. The summed E-state index contributed by atoms with van der Waals surface area (Å²) in [6.07, 6.45) is -0.417. The van der Waals surface area contributed by atoms with E-state index >= 15 is 0 Å². The Morgan fingerprint density at radius 1 is 1.11 bits per heavy atom. The van der Waals surface area contributed by atoms with Gasteiger partial charge < -0.3 is 5.11 Å². The Kier molecular flexibility index (Phi) is 9.70. The monoisotopic (exact) mass is 297 g/mol. The van der Waals surface area contributed by atoms with E-state index in [1.807, 2.05) is 0 Å². The van der Waals surface area contributed by atoms with Crippen molar-refractivity contribution in [2.75, 3.05) is 0 Å². The first-order valence-electron chi connectivity index (χ1n) is 2.01. The molecule has 0 spiro atoms. The van der Waals surface area contributed by atoms with E-state index in [1.165, 1.54) is 0 Å². The number of hydrogen-bond donors (Lipinski definition) is 0. The van der Waals surface area contributed by atoms with Gasteiger partial charge in [-0.05, 0) is 0 Å². The Balaban J connectivity index is 0. The van der Waals surface area contributed by atoms with E-state index in [2.05, 4.69) is 0 Å². The van der Waals surface area contributed by atoms with Crippen LogP contribution < -0.4 is 5.11 Å². The van der Waals surface area contributed by atoms with Crippen LogP contribution in [0, 0.1) is 0 Å². The third kappa shape index (κ3) is 183. The summed E-state index contributed by atoms with van der Waals surface area (Å²) in [6.45, 7) is 3.22. The van der Waals surface area contributed by atoms with Gasteiger partial charge in [-0.15, -0.1) is 6.10 Å². The minimum absolute atomic E-state index is 0.417. The number of rotatable bonds is 0. The van der Waals surface area contributed by atoms with Crippen LogP contribution in [0.2, 0.25) is 0 Å². The maximum absolute atomic E-state index is 9.53. The van der Waals surface area contributed by atoms with E-state index in [9.17, 15) is 5.11 Å². The summed E-state index contributed by atoms with van der Waals surface area (Å²) < 4.78 is 0. The molecule has 0 radical (unpaired) electrons. The number of halogens is 4. The summed E-state index contributed by atoms with van der Waals surface area (Å²) in [5.41, 5.74) is 0. The molecule has 59 valence electrons. The summed E-state index contributed by atoms with van der Waals surface area (Å²) >= 11 is -3.13. The molecule has 0 aliphatic heterocycles. The molecule has 1 nitrogen and oxygen atoms in total. The van der Waals surface area contributed by atoms with Crippen molar-refractivity contribution in [3.8, 4) is 0 Å². The molecule has 9 heavy (non-hydrogen) atoms. The van der Waals surface area contributed by atoms with E-state index in [0.29, 0.717) is 0 Å². The van der Waals surface area contributed by atoms with Crippen molar-refractivity contribution in [1.82, 2.24) is 0 Å². The van der Waals surface area contributed by atoms with Gasteiger partial charge in [-0.2, -0.15) is 0 Å². The van der Waals surface area contributed by atoms with Crippen LogP contribution in [0.15, 0.2) is 0 Å². The van der Waals surface area contributed by atoms with Gasteiger partial charge in [0.2, 0.25) is 0 Å². The van der Waals surface area contributed by atoms with Gasteiger partial charge in [0.25, 0.3) is 0 Å². The van der Waals surface area contributed by atoms with Crippen molar-refractivity contribution in [3.63, 3.8) is 0 Å². The third-order valence-corrected chi connectivity index (χ3v) is 0. The average Bonchev–Trinajstić information content (AvgIpc) is 1.19. The van der Waals surface area contributed by atoms with Crippen LogP contribution in [0.3, 0.4) is 0 Å². The van der Waals surface area contributed by atoms with E-state index in [4.69, 9.17) is 37.7 Å². The van der Waals surface area contributed by atoms with Crippen molar-refractivity contribution in [2.45, 2.75) is 20.0 Å². The zero-order chi connectivity index (χ0) is 8.08. The van der Waals surface area contributed by atoms with Crippen LogP contribution in [0.1, 0.15) is 13.8 Å². The van der Waals surface area contributed by atoms with Gasteiger partial charge in [-0.3, -0.25) is 0 Å². The van der Waals surface area contributed by atoms with Crippen LogP contribution in [-0.2, 0) is 11.9 Å². The second-order valence-electron chi connectivity index (χ2n) is 1.40. The molecule has 0 aliphatic rings. The first-order chi connectivity index (χ1) is 3.73. The Morgan fingerprint density at radius 3 is 1.11 bits per heavy atom. The van der Waals surface area contributed by atoms with Gasteiger partial charge >= 0.3 is 49.6 Å². The van der Waals surface area contributed by atoms with Crippen molar-refractivity contribution in [1.29, 1.82) is 0 Å². The van der Waals surface area contributed by atoms with Gasteiger partial charge in [-0.1, -0.05) is 13.8 Å².